The van der Waals surface area contributed by atoms with Crippen molar-refractivity contribution in [2.24, 2.45) is 0 Å². The van der Waals surface area contributed by atoms with Crippen LogP contribution in [0.25, 0.3) is 11.1 Å². The third-order valence-corrected chi connectivity index (χ3v) is 5.07. The van der Waals surface area contributed by atoms with Crippen LogP contribution >= 0.6 is 0 Å². The monoisotopic (exact) mass is 357 g/mol. The molecule has 0 saturated heterocycles. The minimum absolute atomic E-state index is 0.00906. The lowest BCUT2D eigenvalue weighted by Crippen LogP contribution is -2.23. The summed E-state index contributed by atoms with van der Waals surface area (Å²) in [5.41, 5.74) is 11.5. The number of aryl methyl sites for hydroxylation is 1. The van der Waals surface area contributed by atoms with Gasteiger partial charge in [0, 0.05) is 12.0 Å². The van der Waals surface area contributed by atoms with Gasteiger partial charge in [-0.2, -0.15) is 0 Å². The van der Waals surface area contributed by atoms with Crippen molar-refractivity contribution in [2.75, 3.05) is 5.73 Å². The quantitative estimate of drug-likeness (QED) is 0.721. The molecule has 1 aliphatic carbocycles. The van der Waals surface area contributed by atoms with Crippen LogP contribution in [-0.2, 0) is 6.42 Å². The molecule has 1 unspecified atom stereocenters. The number of ketones is 1. The number of Topliss-reactive ketones (excluding diaryl/α,β-unsaturated/α-hetero) is 1. The minimum Gasteiger partial charge on any atom is -0.368 e. The molecule has 1 aromatic heterocycles. The van der Waals surface area contributed by atoms with Crippen molar-refractivity contribution in [3.8, 4) is 11.1 Å². The fraction of sp³-hybridized carbons (Fsp3) is 0.182. The van der Waals surface area contributed by atoms with Crippen molar-refractivity contribution in [3.05, 3.63) is 76.6 Å². The summed E-state index contributed by atoms with van der Waals surface area (Å²) < 4.78 is 0. The fourth-order valence-electron chi connectivity index (χ4n) is 3.91. The smallest absolute Gasteiger partial charge is 0.220 e. The van der Waals surface area contributed by atoms with Crippen LogP contribution in [0.3, 0.4) is 0 Å². The lowest BCUT2D eigenvalue weighted by molar-refractivity contribution is 0.0961. The molecule has 2 aromatic carbocycles. The van der Waals surface area contributed by atoms with Gasteiger partial charge in [-0.05, 0) is 42.0 Å². The Morgan fingerprint density at radius 1 is 1.07 bits per heavy atom. The molecule has 5 nitrogen and oxygen atoms in total. The van der Waals surface area contributed by atoms with Crippen molar-refractivity contribution in [2.45, 2.75) is 25.7 Å². The number of benzene rings is 2. The average Bonchev–Trinajstić information content (AvgIpc) is 2.67. The first-order valence-corrected chi connectivity index (χ1v) is 8.87. The van der Waals surface area contributed by atoms with Crippen molar-refractivity contribution >= 4 is 18.0 Å². The Morgan fingerprint density at radius 3 is 2.70 bits per heavy atom. The molecule has 2 N–H and O–H groups in total. The van der Waals surface area contributed by atoms with Crippen LogP contribution in [0.15, 0.2) is 48.5 Å². The predicted octanol–water partition coefficient (Wildman–Crippen LogP) is 3.76. The number of carbonyl (C=O) groups excluding carboxylic acids is 2. The van der Waals surface area contributed by atoms with E-state index in [0.717, 1.165) is 28.7 Å². The third kappa shape index (κ3) is 3.12. The van der Waals surface area contributed by atoms with E-state index in [1.165, 1.54) is 0 Å². The van der Waals surface area contributed by atoms with Gasteiger partial charge in [0.1, 0.15) is 6.29 Å². The second-order valence-electron chi connectivity index (χ2n) is 6.85. The van der Waals surface area contributed by atoms with E-state index in [1.807, 2.05) is 42.5 Å². The number of carbonyl (C=O) groups is 2. The van der Waals surface area contributed by atoms with Crippen LogP contribution in [0.1, 0.15) is 50.0 Å². The van der Waals surface area contributed by atoms with Crippen LogP contribution in [-0.4, -0.2) is 22.0 Å². The lowest BCUT2D eigenvalue weighted by Gasteiger charge is -2.26. The largest absolute Gasteiger partial charge is 0.368 e. The molecule has 27 heavy (non-hydrogen) atoms. The molecule has 0 aliphatic heterocycles. The van der Waals surface area contributed by atoms with Crippen molar-refractivity contribution in [1.82, 2.24) is 9.97 Å². The molecule has 1 aliphatic rings. The highest BCUT2D eigenvalue weighted by Crippen LogP contribution is 2.38. The third-order valence-electron chi connectivity index (χ3n) is 5.07. The number of aldehydes is 1. The van der Waals surface area contributed by atoms with E-state index in [4.69, 9.17) is 5.73 Å². The molecule has 0 spiro atoms. The molecule has 5 heteroatoms. The van der Waals surface area contributed by atoms with E-state index >= 15 is 0 Å². The zero-order valence-electron chi connectivity index (χ0n) is 15.0. The predicted molar refractivity (Wildman–Crippen MR) is 104 cm³/mol. The van der Waals surface area contributed by atoms with Gasteiger partial charge in [-0.3, -0.25) is 9.59 Å². The molecular formula is C22H19N3O2. The summed E-state index contributed by atoms with van der Waals surface area (Å²) in [7, 11) is 0. The van der Waals surface area contributed by atoms with Crippen molar-refractivity contribution in [1.29, 1.82) is 0 Å². The molecule has 0 amide bonds. The number of hydrogen-bond acceptors (Lipinski definition) is 5. The standard InChI is InChI=1S/C22H19N3O2/c1-13-21-19(25-22(23)24-13)10-16(11-20(21)27)18-8-3-2-7-17(18)15-6-4-5-14(9-15)12-26/h2-9,12,16H,10-11H2,1H3,(H2,23,24,25). The first-order chi connectivity index (χ1) is 13.1. The number of nitrogens with zero attached hydrogens (tertiary/aromatic N) is 2. The number of nitrogen functional groups attached to an aromatic ring is 1. The van der Waals surface area contributed by atoms with Gasteiger partial charge in [0.2, 0.25) is 5.95 Å². The van der Waals surface area contributed by atoms with Gasteiger partial charge < -0.3 is 5.73 Å². The zero-order valence-corrected chi connectivity index (χ0v) is 15.0. The lowest BCUT2D eigenvalue weighted by atomic mass is 9.78. The zero-order chi connectivity index (χ0) is 19.0. The van der Waals surface area contributed by atoms with E-state index < -0.39 is 0 Å². The Hall–Kier alpha value is -3.34. The molecule has 0 saturated carbocycles. The molecule has 4 rings (SSSR count). The maximum Gasteiger partial charge on any atom is 0.220 e. The molecule has 1 atom stereocenters. The summed E-state index contributed by atoms with van der Waals surface area (Å²) in [6, 6.07) is 15.5. The van der Waals surface area contributed by atoms with E-state index in [-0.39, 0.29) is 17.6 Å². The summed E-state index contributed by atoms with van der Waals surface area (Å²) in [5, 5.41) is 0. The van der Waals surface area contributed by atoms with Gasteiger partial charge in [-0.15, -0.1) is 0 Å². The number of aromatic nitrogens is 2. The summed E-state index contributed by atoms with van der Waals surface area (Å²) in [5.74, 6) is 0.261. The molecule has 134 valence electrons. The Bertz CT molecular complexity index is 1060. The van der Waals surface area contributed by atoms with Gasteiger partial charge in [-0.25, -0.2) is 9.97 Å². The molecule has 0 bridgehead atoms. The minimum atomic E-state index is 0.00906. The van der Waals surface area contributed by atoms with E-state index in [1.54, 1.807) is 13.0 Å². The topological polar surface area (TPSA) is 85.9 Å². The normalized spacial score (nSPS) is 16.0. The molecular weight excluding hydrogens is 338 g/mol. The molecule has 3 aromatic rings. The number of hydrogen-bond donors (Lipinski definition) is 1. The highest BCUT2D eigenvalue weighted by molar-refractivity contribution is 6.00. The first-order valence-electron chi connectivity index (χ1n) is 8.87. The van der Waals surface area contributed by atoms with Crippen LogP contribution in [0, 0.1) is 6.92 Å². The summed E-state index contributed by atoms with van der Waals surface area (Å²) in [6.07, 6.45) is 1.89. The number of rotatable bonds is 3. The molecule has 0 fully saturated rings. The first kappa shape index (κ1) is 17.1. The molecule has 1 heterocycles. The van der Waals surface area contributed by atoms with Crippen LogP contribution in [0.5, 0.6) is 0 Å². The summed E-state index contributed by atoms with van der Waals surface area (Å²) >= 11 is 0. The van der Waals surface area contributed by atoms with Gasteiger partial charge in [0.05, 0.1) is 17.0 Å². The Balaban J connectivity index is 1.79. The fourth-order valence-corrected chi connectivity index (χ4v) is 3.91. The van der Waals surface area contributed by atoms with E-state index in [0.29, 0.717) is 29.7 Å². The highest BCUT2D eigenvalue weighted by atomic mass is 16.1. The van der Waals surface area contributed by atoms with Crippen molar-refractivity contribution in [3.63, 3.8) is 0 Å². The van der Waals surface area contributed by atoms with E-state index in [9.17, 15) is 9.59 Å². The number of nitrogens with two attached hydrogens (primary N) is 1. The maximum absolute atomic E-state index is 12.8. The SMILES string of the molecule is Cc1nc(N)nc2c1C(=O)CC(c1ccccc1-c1cccc(C=O)c1)C2. The summed E-state index contributed by atoms with van der Waals surface area (Å²) in [6.45, 7) is 1.80. The Labute approximate surface area is 157 Å². The Morgan fingerprint density at radius 2 is 1.89 bits per heavy atom. The average molecular weight is 357 g/mol. The van der Waals surface area contributed by atoms with E-state index in [2.05, 4.69) is 9.97 Å². The Kier molecular flexibility index (Phi) is 4.28. The molecule has 0 radical (unpaired) electrons. The van der Waals surface area contributed by atoms with Gasteiger partial charge in [-0.1, -0.05) is 42.5 Å². The summed E-state index contributed by atoms with van der Waals surface area (Å²) in [4.78, 5) is 32.4. The van der Waals surface area contributed by atoms with Crippen LogP contribution in [0.2, 0.25) is 0 Å². The number of anilines is 1. The highest BCUT2D eigenvalue weighted by Gasteiger charge is 2.30. The second kappa shape index (κ2) is 6.76. The van der Waals surface area contributed by atoms with Gasteiger partial charge in [0.25, 0.3) is 0 Å². The van der Waals surface area contributed by atoms with Crippen LogP contribution < -0.4 is 5.73 Å². The maximum atomic E-state index is 12.8. The number of fused-ring (bicyclic) bond motifs is 1. The second-order valence-corrected chi connectivity index (χ2v) is 6.85. The van der Waals surface area contributed by atoms with Gasteiger partial charge >= 0.3 is 0 Å². The van der Waals surface area contributed by atoms with Gasteiger partial charge in [0.15, 0.2) is 5.78 Å². The van der Waals surface area contributed by atoms with Crippen molar-refractivity contribution < 1.29 is 9.59 Å². The van der Waals surface area contributed by atoms with Crippen LogP contribution in [0.4, 0.5) is 5.95 Å².